The predicted molar refractivity (Wildman–Crippen MR) is 71.8 cm³/mol. The minimum Gasteiger partial charge on any atom is -0.310 e. The molecule has 0 radical (unpaired) electrons. The summed E-state index contributed by atoms with van der Waals surface area (Å²) in [6, 6.07) is 4.84. The van der Waals surface area contributed by atoms with Crippen molar-refractivity contribution in [2.75, 3.05) is 6.54 Å². The summed E-state index contributed by atoms with van der Waals surface area (Å²) in [4.78, 5) is 4.12. The van der Waals surface area contributed by atoms with Gasteiger partial charge >= 0.3 is 0 Å². The molecule has 1 fully saturated rings. The van der Waals surface area contributed by atoms with Gasteiger partial charge in [-0.05, 0) is 48.9 Å². The first-order valence-electron chi connectivity index (χ1n) is 6.94. The van der Waals surface area contributed by atoms with Crippen LogP contribution in [0.5, 0.6) is 0 Å². The molecule has 0 aliphatic heterocycles. The van der Waals surface area contributed by atoms with E-state index >= 15 is 0 Å². The van der Waals surface area contributed by atoms with Crippen LogP contribution in [0, 0.1) is 11.8 Å². The number of pyridine rings is 1. The van der Waals surface area contributed by atoms with Crippen LogP contribution in [-0.2, 0) is 0 Å². The molecular formula is C15H24N2. The van der Waals surface area contributed by atoms with Crippen molar-refractivity contribution >= 4 is 0 Å². The highest BCUT2D eigenvalue weighted by Gasteiger charge is 2.27. The van der Waals surface area contributed by atoms with Crippen molar-refractivity contribution in [2.45, 2.75) is 45.6 Å². The van der Waals surface area contributed by atoms with Crippen molar-refractivity contribution in [3.8, 4) is 0 Å². The number of nitrogens with zero attached hydrogens (tertiary/aromatic N) is 1. The lowest BCUT2D eigenvalue weighted by atomic mass is 9.77. The van der Waals surface area contributed by atoms with E-state index in [9.17, 15) is 0 Å². The third-order valence-electron chi connectivity index (χ3n) is 3.94. The van der Waals surface area contributed by atoms with Gasteiger partial charge in [0.05, 0.1) is 0 Å². The van der Waals surface area contributed by atoms with Gasteiger partial charge in [-0.2, -0.15) is 0 Å². The summed E-state index contributed by atoms with van der Waals surface area (Å²) >= 11 is 0. The van der Waals surface area contributed by atoms with Gasteiger partial charge in [0.2, 0.25) is 0 Å². The van der Waals surface area contributed by atoms with E-state index in [1.165, 1.54) is 31.2 Å². The van der Waals surface area contributed by atoms with Crippen LogP contribution in [0.15, 0.2) is 24.5 Å². The van der Waals surface area contributed by atoms with Crippen molar-refractivity contribution in [1.29, 1.82) is 0 Å². The topological polar surface area (TPSA) is 24.9 Å². The van der Waals surface area contributed by atoms with Crippen LogP contribution >= 0.6 is 0 Å². The van der Waals surface area contributed by atoms with Crippen molar-refractivity contribution < 1.29 is 0 Å². The number of nitrogens with one attached hydrogen (secondary N) is 1. The van der Waals surface area contributed by atoms with Crippen LogP contribution in [0.3, 0.4) is 0 Å². The van der Waals surface area contributed by atoms with Crippen LogP contribution in [-0.4, -0.2) is 11.5 Å². The molecular weight excluding hydrogens is 208 g/mol. The van der Waals surface area contributed by atoms with E-state index in [0.717, 1.165) is 18.4 Å². The summed E-state index contributed by atoms with van der Waals surface area (Å²) < 4.78 is 0. The Labute approximate surface area is 105 Å². The minimum absolute atomic E-state index is 0.519. The van der Waals surface area contributed by atoms with Crippen LogP contribution in [0.25, 0.3) is 0 Å². The van der Waals surface area contributed by atoms with Gasteiger partial charge < -0.3 is 5.32 Å². The fourth-order valence-electron chi connectivity index (χ4n) is 3.13. The van der Waals surface area contributed by atoms with E-state index in [2.05, 4.69) is 36.3 Å². The maximum atomic E-state index is 4.12. The molecule has 1 aromatic rings. The maximum Gasteiger partial charge on any atom is 0.0349 e. The van der Waals surface area contributed by atoms with Gasteiger partial charge in [-0.1, -0.05) is 26.7 Å². The maximum absolute atomic E-state index is 4.12. The molecule has 0 amide bonds. The van der Waals surface area contributed by atoms with Crippen molar-refractivity contribution in [2.24, 2.45) is 11.8 Å². The Kier molecular flexibility index (Phi) is 4.55. The van der Waals surface area contributed by atoms with Gasteiger partial charge in [0.25, 0.3) is 0 Å². The molecule has 1 heterocycles. The second-order valence-electron chi connectivity index (χ2n) is 5.35. The van der Waals surface area contributed by atoms with Gasteiger partial charge in [0.15, 0.2) is 0 Å². The second kappa shape index (κ2) is 6.15. The molecule has 1 saturated carbocycles. The molecule has 94 valence electrons. The van der Waals surface area contributed by atoms with E-state index < -0.39 is 0 Å². The number of hydrogen-bond donors (Lipinski definition) is 1. The highest BCUT2D eigenvalue weighted by Crippen LogP contribution is 2.36. The Morgan fingerprint density at radius 2 is 2.12 bits per heavy atom. The zero-order valence-electron chi connectivity index (χ0n) is 11.0. The quantitative estimate of drug-likeness (QED) is 0.858. The van der Waals surface area contributed by atoms with E-state index in [4.69, 9.17) is 0 Å². The molecule has 1 aromatic heterocycles. The average molecular weight is 232 g/mol. The number of aromatic nitrogens is 1. The Bertz CT molecular complexity index is 323. The standard InChI is InChI=1S/C15H24N2/c1-3-17-15(13-7-9-16-10-8-13)14-6-4-5-12(2)11-14/h7-10,12,14-15,17H,3-6,11H2,1-2H3. The summed E-state index contributed by atoms with van der Waals surface area (Å²) in [5.41, 5.74) is 1.40. The summed E-state index contributed by atoms with van der Waals surface area (Å²) in [6.45, 7) is 5.63. The molecule has 1 N–H and O–H groups in total. The highest BCUT2D eigenvalue weighted by molar-refractivity contribution is 5.16. The lowest BCUT2D eigenvalue weighted by Crippen LogP contribution is -2.31. The normalized spacial score (nSPS) is 26.7. The molecule has 2 heteroatoms. The molecule has 2 nitrogen and oxygen atoms in total. The van der Waals surface area contributed by atoms with Crippen molar-refractivity contribution in [3.63, 3.8) is 0 Å². The van der Waals surface area contributed by atoms with E-state index in [0.29, 0.717) is 6.04 Å². The Morgan fingerprint density at radius 1 is 1.35 bits per heavy atom. The first-order valence-corrected chi connectivity index (χ1v) is 6.94. The fourth-order valence-corrected chi connectivity index (χ4v) is 3.13. The Balaban J connectivity index is 2.11. The van der Waals surface area contributed by atoms with E-state index in [-0.39, 0.29) is 0 Å². The largest absolute Gasteiger partial charge is 0.310 e. The third-order valence-corrected chi connectivity index (χ3v) is 3.94. The monoisotopic (exact) mass is 232 g/mol. The summed E-state index contributed by atoms with van der Waals surface area (Å²) in [6.07, 6.45) is 9.34. The van der Waals surface area contributed by atoms with Crippen LogP contribution in [0.1, 0.15) is 51.1 Å². The third kappa shape index (κ3) is 3.29. The highest BCUT2D eigenvalue weighted by atomic mass is 14.9. The van der Waals surface area contributed by atoms with Gasteiger partial charge in [-0.3, -0.25) is 4.98 Å². The van der Waals surface area contributed by atoms with Gasteiger partial charge in [-0.15, -0.1) is 0 Å². The summed E-state index contributed by atoms with van der Waals surface area (Å²) in [5.74, 6) is 1.68. The average Bonchev–Trinajstić information content (AvgIpc) is 2.37. The molecule has 2 rings (SSSR count). The van der Waals surface area contributed by atoms with Crippen LogP contribution < -0.4 is 5.32 Å². The van der Waals surface area contributed by atoms with Gasteiger partial charge in [0.1, 0.15) is 0 Å². The summed E-state index contributed by atoms with van der Waals surface area (Å²) in [7, 11) is 0. The lowest BCUT2D eigenvalue weighted by molar-refractivity contribution is 0.225. The molecule has 17 heavy (non-hydrogen) atoms. The zero-order valence-corrected chi connectivity index (χ0v) is 11.0. The predicted octanol–water partition coefficient (Wildman–Crippen LogP) is 3.56. The first-order chi connectivity index (χ1) is 8.31. The molecule has 3 unspecified atom stereocenters. The smallest absolute Gasteiger partial charge is 0.0349 e. The van der Waals surface area contributed by atoms with Crippen molar-refractivity contribution in [1.82, 2.24) is 10.3 Å². The molecule has 1 aliphatic rings. The Morgan fingerprint density at radius 3 is 2.76 bits per heavy atom. The van der Waals surface area contributed by atoms with Crippen molar-refractivity contribution in [3.05, 3.63) is 30.1 Å². The van der Waals surface area contributed by atoms with Gasteiger partial charge in [-0.25, -0.2) is 0 Å². The summed E-state index contributed by atoms with van der Waals surface area (Å²) in [5, 5.41) is 3.66. The van der Waals surface area contributed by atoms with Crippen LogP contribution in [0.2, 0.25) is 0 Å². The minimum atomic E-state index is 0.519. The molecule has 0 saturated heterocycles. The molecule has 0 spiro atoms. The fraction of sp³-hybridized carbons (Fsp3) is 0.667. The number of hydrogen-bond acceptors (Lipinski definition) is 2. The van der Waals surface area contributed by atoms with Crippen LogP contribution in [0.4, 0.5) is 0 Å². The molecule has 0 bridgehead atoms. The lowest BCUT2D eigenvalue weighted by Gasteiger charge is -2.34. The Hall–Kier alpha value is -0.890. The molecule has 1 aliphatic carbocycles. The van der Waals surface area contributed by atoms with E-state index in [1.54, 1.807) is 0 Å². The SMILES string of the molecule is CCNC(c1ccncc1)C1CCCC(C)C1. The van der Waals surface area contributed by atoms with Gasteiger partial charge in [0, 0.05) is 18.4 Å². The number of rotatable bonds is 4. The molecule has 3 atom stereocenters. The molecule has 0 aromatic carbocycles. The second-order valence-corrected chi connectivity index (χ2v) is 5.35. The van der Waals surface area contributed by atoms with E-state index in [1.807, 2.05) is 12.4 Å². The first kappa shape index (κ1) is 12.6. The zero-order chi connectivity index (χ0) is 12.1.